The van der Waals surface area contributed by atoms with Crippen molar-refractivity contribution in [3.63, 3.8) is 0 Å². The minimum atomic E-state index is 0.849. The zero-order valence-corrected chi connectivity index (χ0v) is 6.94. The fourth-order valence-corrected chi connectivity index (χ4v) is 0.814. The smallest absolute Gasteiger partial charge is 0.0465 e. The van der Waals surface area contributed by atoms with Crippen molar-refractivity contribution in [3.8, 4) is 0 Å². The zero-order chi connectivity index (χ0) is 7.66. The summed E-state index contributed by atoms with van der Waals surface area (Å²) >= 11 is 0. The van der Waals surface area contributed by atoms with E-state index in [-0.39, 0.29) is 0 Å². The van der Waals surface area contributed by atoms with Gasteiger partial charge in [0.2, 0.25) is 0 Å². The Balaban J connectivity index is 2.70. The van der Waals surface area contributed by atoms with Crippen molar-refractivity contribution in [2.24, 2.45) is 0 Å². The molecule has 0 saturated heterocycles. The lowest BCUT2D eigenvalue weighted by Crippen LogP contribution is -1.92. The van der Waals surface area contributed by atoms with E-state index >= 15 is 0 Å². The first-order valence-electron chi connectivity index (χ1n) is 4.10. The third-order valence-electron chi connectivity index (χ3n) is 1.40. The van der Waals surface area contributed by atoms with Gasteiger partial charge in [0.25, 0.3) is 0 Å². The summed E-state index contributed by atoms with van der Waals surface area (Å²) in [5.41, 5.74) is 0. The van der Waals surface area contributed by atoms with E-state index in [2.05, 4.69) is 6.58 Å². The van der Waals surface area contributed by atoms with Gasteiger partial charge in [0.05, 0.1) is 0 Å². The molecule has 0 aromatic rings. The van der Waals surface area contributed by atoms with Crippen LogP contribution in [0.25, 0.3) is 0 Å². The fourth-order valence-electron chi connectivity index (χ4n) is 0.814. The Morgan fingerprint density at radius 2 is 2.10 bits per heavy atom. The lowest BCUT2D eigenvalue weighted by atomic mass is 10.2. The van der Waals surface area contributed by atoms with Gasteiger partial charge in [0, 0.05) is 13.2 Å². The van der Waals surface area contributed by atoms with E-state index < -0.39 is 0 Å². The van der Waals surface area contributed by atoms with Gasteiger partial charge in [-0.1, -0.05) is 12.5 Å². The van der Waals surface area contributed by atoms with Crippen LogP contribution in [-0.2, 0) is 4.74 Å². The second-order valence-corrected chi connectivity index (χ2v) is 2.33. The number of allylic oxidation sites excluding steroid dienone is 1. The van der Waals surface area contributed by atoms with Crippen molar-refractivity contribution in [1.82, 2.24) is 0 Å². The van der Waals surface area contributed by atoms with E-state index in [0.29, 0.717) is 0 Å². The molecular formula is C9H18O. The molecule has 0 fully saturated rings. The number of unbranched alkanes of at least 4 members (excludes halogenated alkanes) is 3. The maximum Gasteiger partial charge on any atom is 0.0465 e. The predicted molar refractivity (Wildman–Crippen MR) is 45.2 cm³/mol. The summed E-state index contributed by atoms with van der Waals surface area (Å²) in [4.78, 5) is 0. The highest BCUT2D eigenvalue weighted by atomic mass is 16.5. The molecule has 0 saturated carbocycles. The summed E-state index contributed by atoms with van der Waals surface area (Å²) in [6.45, 7) is 7.47. The largest absolute Gasteiger partial charge is 0.382 e. The Labute approximate surface area is 64.1 Å². The van der Waals surface area contributed by atoms with Gasteiger partial charge in [-0.15, -0.1) is 6.58 Å². The molecule has 0 atom stereocenters. The molecule has 0 spiro atoms. The van der Waals surface area contributed by atoms with E-state index in [1.807, 2.05) is 13.0 Å². The first-order valence-corrected chi connectivity index (χ1v) is 4.10. The third kappa shape index (κ3) is 7.70. The summed E-state index contributed by atoms with van der Waals surface area (Å²) in [6, 6.07) is 0. The van der Waals surface area contributed by atoms with Crippen LogP contribution in [0.5, 0.6) is 0 Å². The molecule has 0 aromatic carbocycles. The van der Waals surface area contributed by atoms with E-state index in [0.717, 1.165) is 19.6 Å². The third-order valence-corrected chi connectivity index (χ3v) is 1.40. The molecule has 0 aliphatic rings. The first-order chi connectivity index (χ1) is 4.91. The van der Waals surface area contributed by atoms with Gasteiger partial charge in [0.1, 0.15) is 0 Å². The first kappa shape index (κ1) is 9.70. The Morgan fingerprint density at radius 1 is 1.30 bits per heavy atom. The maximum atomic E-state index is 5.19. The highest BCUT2D eigenvalue weighted by Gasteiger charge is 1.86. The molecule has 0 amide bonds. The fraction of sp³-hybridized carbons (Fsp3) is 0.778. The number of hydrogen-bond acceptors (Lipinski definition) is 1. The van der Waals surface area contributed by atoms with E-state index in [1.54, 1.807) is 0 Å². The van der Waals surface area contributed by atoms with Crippen molar-refractivity contribution in [2.45, 2.75) is 32.6 Å². The molecular weight excluding hydrogens is 124 g/mol. The van der Waals surface area contributed by atoms with Crippen LogP contribution >= 0.6 is 0 Å². The summed E-state index contributed by atoms with van der Waals surface area (Å²) in [5.74, 6) is 0. The summed E-state index contributed by atoms with van der Waals surface area (Å²) in [7, 11) is 0. The van der Waals surface area contributed by atoms with Gasteiger partial charge >= 0.3 is 0 Å². The van der Waals surface area contributed by atoms with Crippen molar-refractivity contribution in [3.05, 3.63) is 12.7 Å². The summed E-state index contributed by atoms with van der Waals surface area (Å²) < 4.78 is 5.19. The standard InChI is InChI=1S/C9H18O/c1-3-5-6-7-8-9-10-4-2/h3H,1,4-9H2,2H3. The second kappa shape index (κ2) is 8.70. The molecule has 60 valence electrons. The van der Waals surface area contributed by atoms with Crippen LogP contribution in [0.15, 0.2) is 12.7 Å². The monoisotopic (exact) mass is 142 g/mol. The SMILES string of the molecule is C=CCCCCCOCC. The molecule has 0 aliphatic carbocycles. The van der Waals surface area contributed by atoms with Gasteiger partial charge in [-0.25, -0.2) is 0 Å². The summed E-state index contributed by atoms with van der Waals surface area (Å²) in [5, 5.41) is 0. The van der Waals surface area contributed by atoms with Gasteiger partial charge in [-0.05, 0) is 26.2 Å². The van der Waals surface area contributed by atoms with Crippen LogP contribution in [0.3, 0.4) is 0 Å². The predicted octanol–water partition coefficient (Wildman–Crippen LogP) is 2.77. The molecule has 0 radical (unpaired) electrons. The van der Waals surface area contributed by atoms with Crippen LogP contribution in [0.1, 0.15) is 32.6 Å². The summed E-state index contributed by atoms with van der Waals surface area (Å²) in [6.07, 6.45) is 6.84. The highest BCUT2D eigenvalue weighted by Crippen LogP contribution is 1.99. The highest BCUT2D eigenvalue weighted by molar-refractivity contribution is 4.65. The van der Waals surface area contributed by atoms with Crippen LogP contribution in [-0.4, -0.2) is 13.2 Å². The molecule has 10 heavy (non-hydrogen) atoms. The zero-order valence-electron chi connectivity index (χ0n) is 6.94. The van der Waals surface area contributed by atoms with Gasteiger partial charge in [-0.2, -0.15) is 0 Å². The molecule has 1 heteroatoms. The Morgan fingerprint density at radius 3 is 2.70 bits per heavy atom. The Hall–Kier alpha value is -0.300. The van der Waals surface area contributed by atoms with E-state index in [1.165, 1.54) is 19.3 Å². The number of ether oxygens (including phenoxy) is 1. The van der Waals surface area contributed by atoms with Crippen molar-refractivity contribution >= 4 is 0 Å². The van der Waals surface area contributed by atoms with Crippen LogP contribution < -0.4 is 0 Å². The minimum absolute atomic E-state index is 0.849. The Bertz CT molecular complexity index is 69.1. The Kier molecular flexibility index (Phi) is 8.44. The second-order valence-electron chi connectivity index (χ2n) is 2.33. The molecule has 1 nitrogen and oxygen atoms in total. The van der Waals surface area contributed by atoms with Crippen LogP contribution in [0.2, 0.25) is 0 Å². The molecule has 0 N–H and O–H groups in total. The molecule has 0 aromatic heterocycles. The molecule has 0 heterocycles. The minimum Gasteiger partial charge on any atom is -0.382 e. The average Bonchev–Trinajstić information content (AvgIpc) is 1.97. The van der Waals surface area contributed by atoms with E-state index in [9.17, 15) is 0 Å². The van der Waals surface area contributed by atoms with Gasteiger partial charge in [0.15, 0.2) is 0 Å². The van der Waals surface area contributed by atoms with Crippen LogP contribution in [0.4, 0.5) is 0 Å². The lowest BCUT2D eigenvalue weighted by molar-refractivity contribution is 0.143. The molecule has 0 rings (SSSR count). The van der Waals surface area contributed by atoms with E-state index in [4.69, 9.17) is 4.74 Å². The average molecular weight is 142 g/mol. The van der Waals surface area contributed by atoms with Gasteiger partial charge < -0.3 is 4.74 Å². The lowest BCUT2D eigenvalue weighted by Gasteiger charge is -1.98. The molecule has 0 unspecified atom stereocenters. The van der Waals surface area contributed by atoms with Crippen molar-refractivity contribution < 1.29 is 4.74 Å². The van der Waals surface area contributed by atoms with Crippen molar-refractivity contribution in [1.29, 1.82) is 0 Å². The van der Waals surface area contributed by atoms with Gasteiger partial charge in [-0.3, -0.25) is 0 Å². The number of rotatable bonds is 7. The van der Waals surface area contributed by atoms with Crippen molar-refractivity contribution in [2.75, 3.05) is 13.2 Å². The normalized spacial score (nSPS) is 9.70. The quantitative estimate of drug-likeness (QED) is 0.392. The maximum absolute atomic E-state index is 5.19. The topological polar surface area (TPSA) is 9.23 Å². The number of hydrogen-bond donors (Lipinski definition) is 0. The molecule has 0 aliphatic heterocycles. The molecule has 0 bridgehead atoms. The van der Waals surface area contributed by atoms with Crippen LogP contribution in [0, 0.1) is 0 Å².